The van der Waals surface area contributed by atoms with Crippen LogP contribution in [0.2, 0.25) is 0 Å². The van der Waals surface area contributed by atoms with Crippen molar-refractivity contribution in [3.8, 4) is 0 Å². The maximum atomic E-state index is 10.6. The monoisotopic (exact) mass is 190 g/mol. The molecule has 0 rings (SSSR count). The second-order valence-electron chi connectivity index (χ2n) is 2.18. The minimum Gasteiger partial charge on any atom is -0.480 e. The lowest BCUT2D eigenvalue weighted by Crippen LogP contribution is -2.44. The Hall–Kier alpha value is -1.79. The lowest BCUT2D eigenvalue weighted by atomic mass is 10.2. The van der Waals surface area contributed by atoms with Gasteiger partial charge in [-0.15, -0.1) is 0 Å². The van der Waals surface area contributed by atoms with E-state index in [1.54, 1.807) is 0 Å². The zero-order chi connectivity index (χ0) is 10.4. The summed E-state index contributed by atoms with van der Waals surface area (Å²) in [6.45, 7) is 0. The van der Waals surface area contributed by atoms with Gasteiger partial charge in [0.25, 0.3) is 0 Å². The van der Waals surface area contributed by atoms with Crippen molar-refractivity contribution in [1.29, 1.82) is 0 Å². The highest BCUT2D eigenvalue weighted by Gasteiger charge is 2.22. The molecule has 7 heteroatoms. The third-order valence-electron chi connectivity index (χ3n) is 1.21. The number of primary amides is 1. The Kier molecular flexibility index (Phi) is 4.28. The average molecular weight is 190 g/mol. The number of carboxylic acid groups (broad SMARTS) is 1. The molecule has 1 atom stereocenters. The molecule has 0 aliphatic heterocycles. The minimum absolute atomic E-state index is 0.450. The van der Waals surface area contributed by atoms with Gasteiger partial charge < -0.3 is 20.9 Å². The molecule has 0 fully saturated rings. The molecule has 0 aromatic heterocycles. The molecule has 0 saturated carbocycles. The second-order valence-corrected chi connectivity index (χ2v) is 2.18. The quantitative estimate of drug-likeness (QED) is 0.474. The molecule has 7 nitrogen and oxygen atoms in total. The van der Waals surface area contributed by atoms with Gasteiger partial charge in [0.05, 0.1) is 13.5 Å². The lowest BCUT2D eigenvalue weighted by Gasteiger charge is -2.10. The first-order chi connectivity index (χ1) is 5.97. The fraction of sp³-hybridized carbons (Fsp3) is 0.500. The highest BCUT2D eigenvalue weighted by molar-refractivity contribution is 5.85. The third kappa shape index (κ3) is 4.62. The van der Waals surface area contributed by atoms with Crippen LogP contribution >= 0.6 is 0 Å². The maximum Gasteiger partial charge on any atom is 0.326 e. The Bertz CT molecular complexity index is 227. The van der Waals surface area contributed by atoms with E-state index in [1.807, 2.05) is 5.32 Å². The van der Waals surface area contributed by atoms with Gasteiger partial charge in [-0.1, -0.05) is 0 Å². The first-order valence-corrected chi connectivity index (χ1v) is 3.33. The molecule has 2 amide bonds. The first kappa shape index (κ1) is 11.2. The Balaban J connectivity index is 4.18. The Morgan fingerprint density at radius 1 is 1.54 bits per heavy atom. The molecule has 0 aromatic rings. The number of nitrogens with two attached hydrogens (primary N) is 1. The van der Waals surface area contributed by atoms with Crippen molar-refractivity contribution in [2.24, 2.45) is 5.73 Å². The van der Waals surface area contributed by atoms with E-state index in [9.17, 15) is 14.4 Å². The topological polar surface area (TPSA) is 119 Å². The van der Waals surface area contributed by atoms with Crippen LogP contribution in [-0.4, -0.2) is 36.2 Å². The normalized spacial score (nSPS) is 11.5. The predicted octanol–water partition coefficient (Wildman–Crippen LogP) is -1.33. The van der Waals surface area contributed by atoms with Crippen LogP contribution in [0.5, 0.6) is 0 Å². The van der Waals surface area contributed by atoms with Crippen LogP contribution < -0.4 is 11.1 Å². The number of methoxy groups -OCH3 is 1. The molecule has 13 heavy (non-hydrogen) atoms. The molecular formula is C6H10N2O5. The zero-order valence-corrected chi connectivity index (χ0v) is 6.94. The smallest absolute Gasteiger partial charge is 0.326 e. The van der Waals surface area contributed by atoms with Gasteiger partial charge >= 0.3 is 18.0 Å². The van der Waals surface area contributed by atoms with Gasteiger partial charge in [-0.3, -0.25) is 4.79 Å². The van der Waals surface area contributed by atoms with Crippen molar-refractivity contribution in [2.45, 2.75) is 12.5 Å². The van der Waals surface area contributed by atoms with Crippen molar-refractivity contribution in [3.63, 3.8) is 0 Å². The first-order valence-electron chi connectivity index (χ1n) is 3.33. The van der Waals surface area contributed by atoms with Crippen LogP contribution in [0.3, 0.4) is 0 Å². The van der Waals surface area contributed by atoms with Gasteiger partial charge in [-0.2, -0.15) is 0 Å². The molecule has 0 unspecified atom stereocenters. The van der Waals surface area contributed by atoms with E-state index >= 15 is 0 Å². The standard InChI is InChI=1S/C6H10N2O5/c1-13-4(9)2-3(5(10)11)8-6(7)12/h3H,2H2,1H3,(H,10,11)(H3,7,8,12)/t3-/m0/s1. The fourth-order valence-corrected chi connectivity index (χ4v) is 0.622. The largest absolute Gasteiger partial charge is 0.480 e. The molecule has 0 spiro atoms. The van der Waals surface area contributed by atoms with Crippen molar-refractivity contribution < 1.29 is 24.2 Å². The highest BCUT2D eigenvalue weighted by atomic mass is 16.5. The van der Waals surface area contributed by atoms with Crippen LogP contribution in [0.15, 0.2) is 0 Å². The van der Waals surface area contributed by atoms with E-state index in [4.69, 9.17) is 5.11 Å². The number of esters is 1. The fourth-order valence-electron chi connectivity index (χ4n) is 0.622. The van der Waals surface area contributed by atoms with E-state index in [-0.39, 0.29) is 0 Å². The van der Waals surface area contributed by atoms with E-state index in [2.05, 4.69) is 10.5 Å². The molecule has 4 N–H and O–H groups in total. The highest BCUT2D eigenvalue weighted by Crippen LogP contribution is 1.94. The summed E-state index contributed by atoms with van der Waals surface area (Å²) in [5.41, 5.74) is 4.68. The van der Waals surface area contributed by atoms with Gasteiger partial charge in [-0.05, 0) is 0 Å². The van der Waals surface area contributed by atoms with E-state index in [0.29, 0.717) is 0 Å². The summed E-state index contributed by atoms with van der Waals surface area (Å²) in [6.07, 6.45) is -0.450. The molecule has 0 bridgehead atoms. The number of hydrogen-bond donors (Lipinski definition) is 3. The number of ether oxygens (including phenoxy) is 1. The second kappa shape index (κ2) is 4.96. The third-order valence-corrected chi connectivity index (χ3v) is 1.21. The van der Waals surface area contributed by atoms with E-state index in [0.717, 1.165) is 7.11 Å². The van der Waals surface area contributed by atoms with Crippen LogP contribution in [0, 0.1) is 0 Å². The van der Waals surface area contributed by atoms with Crippen molar-refractivity contribution in [3.05, 3.63) is 0 Å². The lowest BCUT2D eigenvalue weighted by molar-refractivity contribution is -0.147. The molecule has 0 aliphatic rings. The molecule has 0 radical (unpaired) electrons. The summed E-state index contributed by atoms with van der Waals surface area (Å²) in [5, 5.41) is 10.4. The summed E-state index contributed by atoms with van der Waals surface area (Å²) in [5.74, 6) is -2.08. The number of amides is 2. The molecule has 74 valence electrons. The summed E-state index contributed by atoms with van der Waals surface area (Å²) < 4.78 is 4.22. The number of rotatable bonds is 4. The van der Waals surface area contributed by atoms with E-state index in [1.165, 1.54) is 0 Å². The van der Waals surface area contributed by atoms with Crippen LogP contribution in [0.4, 0.5) is 4.79 Å². The summed E-state index contributed by atoms with van der Waals surface area (Å²) >= 11 is 0. The van der Waals surface area contributed by atoms with Crippen LogP contribution in [0.1, 0.15) is 6.42 Å². The van der Waals surface area contributed by atoms with Crippen LogP contribution in [-0.2, 0) is 14.3 Å². The van der Waals surface area contributed by atoms with Crippen molar-refractivity contribution >= 4 is 18.0 Å². The van der Waals surface area contributed by atoms with Crippen molar-refractivity contribution in [2.75, 3.05) is 7.11 Å². The summed E-state index contributed by atoms with van der Waals surface area (Å²) in [4.78, 5) is 31.3. The summed E-state index contributed by atoms with van der Waals surface area (Å²) in [6, 6.07) is -2.35. The Morgan fingerprint density at radius 2 is 2.08 bits per heavy atom. The van der Waals surface area contributed by atoms with Gasteiger partial charge in [-0.25, -0.2) is 9.59 Å². The molecule has 0 aromatic carbocycles. The zero-order valence-electron chi connectivity index (χ0n) is 6.94. The van der Waals surface area contributed by atoms with E-state index < -0.39 is 30.4 Å². The Labute approximate surface area is 73.8 Å². The molecule has 0 aliphatic carbocycles. The molecular weight excluding hydrogens is 180 g/mol. The number of carbonyl (C=O) groups excluding carboxylic acids is 2. The number of nitrogens with one attached hydrogen (secondary N) is 1. The number of carboxylic acids is 1. The molecule has 0 saturated heterocycles. The number of carbonyl (C=O) groups is 3. The molecule has 0 heterocycles. The minimum atomic E-state index is -1.34. The number of hydrogen-bond acceptors (Lipinski definition) is 4. The van der Waals surface area contributed by atoms with Gasteiger partial charge in [0.2, 0.25) is 0 Å². The van der Waals surface area contributed by atoms with Gasteiger partial charge in [0.1, 0.15) is 6.04 Å². The van der Waals surface area contributed by atoms with Crippen molar-refractivity contribution in [1.82, 2.24) is 5.32 Å². The number of urea groups is 1. The average Bonchev–Trinajstić information content (AvgIpc) is 2.02. The Morgan fingerprint density at radius 3 is 2.38 bits per heavy atom. The predicted molar refractivity (Wildman–Crippen MR) is 40.8 cm³/mol. The SMILES string of the molecule is COC(=O)C[C@H](NC(N)=O)C(=O)O. The number of aliphatic carboxylic acids is 1. The summed E-state index contributed by atoms with van der Waals surface area (Å²) in [7, 11) is 1.12. The van der Waals surface area contributed by atoms with Crippen LogP contribution in [0.25, 0.3) is 0 Å². The van der Waals surface area contributed by atoms with Gasteiger partial charge in [0.15, 0.2) is 0 Å². The maximum absolute atomic E-state index is 10.6. The van der Waals surface area contributed by atoms with Gasteiger partial charge in [0, 0.05) is 0 Å².